The molecule has 0 amide bonds. The molecule has 0 unspecified atom stereocenters. The molecular formula is C46H29Br. The van der Waals surface area contributed by atoms with Crippen LogP contribution in [-0.4, -0.2) is 0 Å². The van der Waals surface area contributed by atoms with E-state index in [4.69, 9.17) is 0 Å². The van der Waals surface area contributed by atoms with E-state index < -0.39 is 0 Å². The van der Waals surface area contributed by atoms with Crippen LogP contribution in [0.2, 0.25) is 0 Å². The maximum Gasteiger partial charge on any atom is 0.0339 e. The van der Waals surface area contributed by atoms with Crippen LogP contribution in [0, 0.1) is 0 Å². The van der Waals surface area contributed by atoms with E-state index in [0.717, 1.165) is 4.48 Å². The van der Waals surface area contributed by atoms with Crippen molar-refractivity contribution in [3.8, 4) is 22.3 Å². The average molecular weight is 662 g/mol. The van der Waals surface area contributed by atoms with Crippen LogP contribution in [0.5, 0.6) is 0 Å². The van der Waals surface area contributed by atoms with Gasteiger partial charge in [0.05, 0.1) is 0 Å². The topological polar surface area (TPSA) is 0 Å². The Balaban J connectivity index is 1.44. The molecule has 9 rings (SSSR count). The van der Waals surface area contributed by atoms with Crippen LogP contribution in [0.1, 0.15) is 27.8 Å². The third kappa shape index (κ3) is 4.50. The predicted molar refractivity (Wildman–Crippen MR) is 204 cm³/mol. The molecule has 0 fully saturated rings. The van der Waals surface area contributed by atoms with Gasteiger partial charge in [-0.3, -0.25) is 0 Å². The Labute approximate surface area is 283 Å². The first-order valence-electron chi connectivity index (χ1n) is 16.1. The number of rotatable bonds is 5. The Morgan fingerprint density at radius 3 is 1.28 bits per heavy atom. The van der Waals surface area contributed by atoms with Gasteiger partial charge in [0, 0.05) is 10.1 Å². The van der Waals surface area contributed by atoms with Gasteiger partial charge in [-0.25, -0.2) is 0 Å². The molecule has 0 aliphatic heterocycles. The van der Waals surface area contributed by atoms with Crippen molar-refractivity contribution in [1.29, 1.82) is 0 Å². The molecule has 0 heterocycles. The number of hydrogen-bond donors (Lipinski definition) is 0. The summed E-state index contributed by atoms with van der Waals surface area (Å²) < 4.78 is 1.14. The molecule has 0 bridgehead atoms. The van der Waals surface area contributed by atoms with Crippen molar-refractivity contribution < 1.29 is 0 Å². The Morgan fingerprint density at radius 2 is 0.702 bits per heavy atom. The van der Waals surface area contributed by atoms with Gasteiger partial charge in [0.15, 0.2) is 0 Å². The van der Waals surface area contributed by atoms with Crippen molar-refractivity contribution in [2.45, 2.75) is 0 Å². The van der Waals surface area contributed by atoms with Gasteiger partial charge in [-0.05, 0) is 111 Å². The lowest BCUT2D eigenvalue weighted by Gasteiger charge is -2.18. The maximum atomic E-state index is 4.23. The fourth-order valence-electron chi connectivity index (χ4n) is 7.45. The number of hydrogen-bond acceptors (Lipinski definition) is 0. The molecule has 2 aliphatic rings. The molecule has 0 nitrogen and oxygen atoms in total. The Kier molecular flexibility index (Phi) is 6.73. The first-order valence-corrected chi connectivity index (χ1v) is 16.9. The van der Waals surface area contributed by atoms with E-state index in [9.17, 15) is 0 Å². The normalized spacial score (nSPS) is 13.8. The van der Waals surface area contributed by atoms with Gasteiger partial charge in [0.1, 0.15) is 0 Å². The highest BCUT2D eigenvalue weighted by Crippen LogP contribution is 2.62. The molecule has 7 aromatic carbocycles. The second-order valence-electron chi connectivity index (χ2n) is 12.1. The summed E-state index contributed by atoms with van der Waals surface area (Å²) in [5, 5.41) is 2.50. The van der Waals surface area contributed by atoms with Gasteiger partial charge >= 0.3 is 0 Å². The summed E-state index contributed by atoms with van der Waals surface area (Å²) in [7, 11) is 0. The summed E-state index contributed by atoms with van der Waals surface area (Å²) in [6, 6.07) is 63.8. The molecule has 0 saturated carbocycles. The zero-order valence-electron chi connectivity index (χ0n) is 25.6. The smallest absolute Gasteiger partial charge is 0.0339 e. The summed E-state index contributed by atoms with van der Waals surface area (Å²) in [5.41, 5.74) is 17.4. The highest BCUT2D eigenvalue weighted by Gasteiger charge is 2.40. The number of allylic oxidation sites excluding steroid dienone is 5. The molecule has 0 N–H and O–H groups in total. The van der Waals surface area contributed by atoms with E-state index >= 15 is 0 Å². The van der Waals surface area contributed by atoms with E-state index in [1.807, 2.05) is 0 Å². The fourth-order valence-corrected chi connectivity index (χ4v) is 8.17. The van der Waals surface area contributed by atoms with Crippen LogP contribution in [-0.2, 0) is 0 Å². The van der Waals surface area contributed by atoms with Gasteiger partial charge in [-0.15, -0.1) is 0 Å². The third-order valence-corrected chi connectivity index (χ3v) is 10.3. The lowest BCUT2D eigenvalue weighted by atomic mass is 9.85. The van der Waals surface area contributed by atoms with Crippen molar-refractivity contribution in [1.82, 2.24) is 0 Å². The molecule has 2 aliphatic carbocycles. The summed E-state index contributed by atoms with van der Waals surface area (Å²) in [5.74, 6) is 0. The minimum atomic E-state index is 1.14. The van der Waals surface area contributed by atoms with Gasteiger partial charge in [-0.2, -0.15) is 0 Å². The molecule has 47 heavy (non-hydrogen) atoms. The second kappa shape index (κ2) is 11.4. The van der Waals surface area contributed by atoms with Crippen LogP contribution in [0.3, 0.4) is 0 Å². The molecule has 220 valence electrons. The average Bonchev–Trinajstić information content (AvgIpc) is 3.64. The molecule has 7 aromatic rings. The number of fused-ring (bicyclic) bond motifs is 4. The fraction of sp³-hybridized carbons (Fsp3) is 0. The van der Waals surface area contributed by atoms with Crippen molar-refractivity contribution >= 4 is 53.5 Å². The zero-order chi connectivity index (χ0) is 31.3. The SMILES string of the molecule is BrC1=C2C(c3ccccc3)=C(c3ccccc3)C(c3cccc4ccccc34)=C2c2cc(-c3ccccc3)c(-c3ccccc3)cc21. The monoisotopic (exact) mass is 660 g/mol. The molecule has 0 spiro atoms. The van der Waals surface area contributed by atoms with Gasteiger partial charge < -0.3 is 0 Å². The molecular weight excluding hydrogens is 632 g/mol. The van der Waals surface area contributed by atoms with Crippen LogP contribution in [0.15, 0.2) is 181 Å². The first kappa shape index (κ1) is 27.8. The van der Waals surface area contributed by atoms with E-state index in [2.05, 4.69) is 192 Å². The minimum Gasteiger partial charge on any atom is -0.0622 e. The van der Waals surface area contributed by atoms with Crippen molar-refractivity contribution in [3.63, 3.8) is 0 Å². The van der Waals surface area contributed by atoms with Crippen LogP contribution in [0.25, 0.3) is 59.8 Å². The molecule has 1 heteroatoms. The maximum absolute atomic E-state index is 4.23. The molecule has 0 saturated heterocycles. The standard InChI is InChI=1S/C46H29Br/c47-46-40-29-38(32-18-7-2-8-19-32)37(31-16-5-1-6-17-31)28-39(40)44-43(36-27-15-25-30-20-13-14-26-35(30)36)41(33-21-9-3-10-22-33)42(45(44)46)34-23-11-4-12-24-34/h1-29H. The zero-order valence-corrected chi connectivity index (χ0v) is 27.2. The lowest BCUT2D eigenvalue weighted by Crippen LogP contribution is -1.96. The van der Waals surface area contributed by atoms with Crippen LogP contribution in [0.4, 0.5) is 0 Å². The Bertz CT molecular complexity index is 2410. The van der Waals surface area contributed by atoms with E-state index in [0.29, 0.717) is 0 Å². The van der Waals surface area contributed by atoms with E-state index in [1.54, 1.807) is 0 Å². The summed E-state index contributed by atoms with van der Waals surface area (Å²) >= 11 is 4.23. The number of benzene rings is 7. The Hall–Kier alpha value is -5.50. The van der Waals surface area contributed by atoms with Crippen molar-refractivity contribution in [3.05, 3.63) is 209 Å². The molecule has 0 atom stereocenters. The highest BCUT2D eigenvalue weighted by molar-refractivity contribution is 9.15. The van der Waals surface area contributed by atoms with Crippen LogP contribution < -0.4 is 0 Å². The largest absolute Gasteiger partial charge is 0.0622 e. The molecule has 0 radical (unpaired) electrons. The minimum absolute atomic E-state index is 1.14. The van der Waals surface area contributed by atoms with Gasteiger partial charge in [0.2, 0.25) is 0 Å². The predicted octanol–water partition coefficient (Wildman–Crippen LogP) is 12.8. The lowest BCUT2D eigenvalue weighted by molar-refractivity contribution is 1.54. The van der Waals surface area contributed by atoms with Crippen molar-refractivity contribution in [2.75, 3.05) is 0 Å². The van der Waals surface area contributed by atoms with Gasteiger partial charge in [0.25, 0.3) is 0 Å². The molecule has 0 aromatic heterocycles. The summed E-state index contributed by atoms with van der Waals surface area (Å²) in [6.07, 6.45) is 0. The number of halogens is 1. The highest BCUT2D eigenvalue weighted by atomic mass is 79.9. The third-order valence-electron chi connectivity index (χ3n) is 9.49. The summed E-state index contributed by atoms with van der Waals surface area (Å²) in [4.78, 5) is 0. The second-order valence-corrected chi connectivity index (χ2v) is 12.9. The van der Waals surface area contributed by atoms with E-state index in [1.165, 1.54) is 88.7 Å². The Morgan fingerprint density at radius 1 is 0.277 bits per heavy atom. The van der Waals surface area contributed by atoms with Crippen LogP contribution >= 0.6 is 15.9 Å². The first-order chi connectivity index (χ1) is 23.3. The summed E-state index contributed by atoms with van der Waals surface area (Å²) in [6.45, 7) is 0. The van der Waals surface area contributed by atoms with Gasteiger partial charge in [-0.1, -0.05) is 164 Å². The quantitative estimate of drug-likeness (QED) is 0.172. The van der Waals surface area contributed by atoms with E-state index in [-0.39, 0.29) is 0 Å². The van der Waals surface area contributed by atoms with Crippen molar-refractivity contribution in [2.24, 2.45) is 0 Å².